The molecule has 0 spiro atoms. The Labute approximate surface area is 218 Å². The Balaban J connectivity index is 1.33. The fourth-order valence-corrected chi connectivity index (χ4v) is 4.88. The fraction of sp³-hybridized carbons (Fsp3) is 0.179. The van der Waals surface area contributed by atoms with Gasteiger partial charge in [0.1, 0.15) is 10.6 Å². The molecule has 0 bridgehead atoms. The van der Waals surface area contributed by atoms with Crippen molar-refractivity contribution in [3.63, 3.8) is 0 Å². The summed E-state index contributed by atoms with van der Waals surface area (Å²) in [7, 11) is 0. The Bertz CT molecular complexity index is 1410. The van der Waals surface area contributed by atoms with Crippen molar-refractivity contribution in [3.8, 4) is 11.5 Å². The molecule has 0 unspecified atom stereocenters. The zero-order valence-electron chi connectivity index (χ0n) is 20.5. The summed E-state index contributed by atoms with van der Waals surface area (Å²) in [5.74, 6) is 0.180. The molecule has 188 valence electrons. The molecule has 0 aromatic heterocycles. The van der Waals surface area contributed by atoms with Crippen LogP contribution in [0.15, 0.2) is 82.2 Å². The van der Waals surface area contributed by atoms with E-state index in [-0.39, 0.29) is 36.3 Å². The molecule has 2 aliphatic rings. The van der Waals surface area contributed by atoms with Crippen LogP contribution in [0, 0.1) is 6.92 Å². The molecule has 0 saturated heterocycles. The SMILES string of the molecule is Cc1ccc(NC2=C(Sc3ccc(NC(=O)c4ccc5c(c4)OCO5)cc3)C(=O)N(C(C)C)C2=O)cc1. The van der Waals surface area contributed by atoms with Crippen molar-refractivity contribution in [2.75, 3.05) is 17.4 Å². The topological polar surface area (TPSA) is 97.0 Å². The lowest BCUT2D eigenvalue weighted by atomic mass is 10.2. The average Bonchev–Trinajstić information content (AvgIpc) is 3.44. The van der Waals surface area contributed by atoms with Crippen molar-refractivity contribution >= 4 is 40.9 Å². The summed E-state index contributed by atoms with van der Waals surface area (Å²) in [6.45, 7) is 5.74. The minimum Gasteiger partial charge on any atom is -0.454 e. The van der Waals surface area contributed by atoms with E-state index in [9.17, 15) is 14.4 Å². The maximum absolute atomic E-state index is 13.2. The van der Waals surface area contributed by atoms with Gasteiger partial charge in [-0.2, -0.15) is 0 Å². The van der Waals surface area contributed by atoms with Crippen LogP contribution in [0.4, 0.5) is 11.4 Å². The highest BCUT2D eigenvalue weighted by molar-refractivity contribution is 8.04. The van der Waals surface area contributed by atoms with Gasteiger partial charge in [-0.15, -0.1) is 0 Å². The van der Waals surface area contributed by atoms with E-state index in [1.807, 2.05) is 45.0 Å². The lowest BCUT2D eigenvalue weighted by Gasteiger charge is -2.19. The highest BCUT2D eigenvalue weighted by Gasteiger charge is 2.40. The molecule has 3 aromatic carbocycles. The first-order valence-electron chi connectivity index (χ1n) is 11.7. The lowest BCUT2D eigenvalue weighted by molar-refractivity contribution is -0.139. The first-order valence-corrected chi connectivity index (χ1v) is 12.6. The predicted molar refractivity (Wildman–Crippen MR) is 142 cm³/mol. The Kier molecular flexibility index (Phi) is 6.62. The maximum Gasteiger partial charge on any atom is 0.278 e. The minimum absolute atomic E-state index is 0.140. The summed E-state index contributed by atoms with van der Waals surface area (Å²) in [5.41, 5.74) is 3.12. The first-order chi connectivity index (χ1) is 17.8. The zero-order chi connectivity index (χ0) is 26.1. The summed E-state index contributed by atoms with van der Waals surface area (Å²) in [4.78, 5) is 41.3. The standard InChI is InChI=1S/C28H25N3O5S/c1-16(2)31-27(33)24(29-19-7-4-17(3)5-8-19)25(28(31)34)37-21-11-9-20(10-12-21)30-26(32)18-6-13-22-23(14-18)36-15-35-22/h4-14,16,29H,15H2,1-3H3,(H,30,32). The number of thioether (sulfide) groups is 1. The molecule has 2 N–H and O–H groups in total. The Hall–Kier alpha value is -4.24. The monoisotopic (exact) mass is 515 g/mol. The van der Waals surface area contributed by atoms with Gasteiger partial charge in [0.2, 0.25) is 6.79 Å². The number of ether oxygens (including phenoxy) is 2. The summed E-state index contributed by atoms with van der Waals surface area (Å²) in [6.07, 6.45) is 0. The minimum atomic E-state index is -0.351. The van der Waals surface area contributed by atoms with E-state index in [1.54, 1.807) is 42.5 Å². The lowest BCUT2D eigenvalue weighted by Crippen LogP contribution is -2.38. The van der Waals surface area contributed by atoms with Crippen molar-refractivity contribution in [2.45, 2.75) is 31.7 Å². The van der Waals surface area contributed by atoms with Crippen LogP contribution in [-0.4, -0.2) is 35.5 Å². The molecule has 0 atom stereocenters. The first kappa shape index (κ1) is 24.5. The van der Waals surface area contributed by atoms with Crippen LogP contribution in [0.1, 0.15) is 29.8 Å². The molecule has 5 rings (SSSR count). The second kappa shape index (κ2) is 10.0. The number of imide groups is 1. The van der Waals surface area contributed by atoms with Gasteiger partial charge in [0.05, 0.1) is 0 Å². The number of nitrogens with zero attached hydrogens (tertiary/aromatic N) is 1. The smallest absolute Gasteiger partial charge is 0.278 e. The number of anilines is 2. The van der Waals surface area contributed by atoms with Crippen molar-refractivity contribution in [1.82, 2.24) is 4.90 Å². The highest BCUT2D eigenvalue weighted by Crippen LogP contribution is 2.37. The third kappa shape index (κ3) is 5.03. The van der Waals surface area contributed by atoms with Crippen LogP contribution in [0.2, 0.25) is 0 Å². The molecule has 0 aliphatic carbocycles. The molecule has 2 aliphatic heterocycles. The van der Waals surface area contributed by atoms with E-state index < -0.39 is 0 Å². The molecule has 0 radical (unpaired) electrons. The highest BCUT2D eigenvalue weighted by atomic mass is 32.2. The molecule has 8 nitrogen and oxygen atoms in total. The van der Waals surface area contributed by atoms with E-state index in [2.05, 4.69) is 10.6 Å². The summed E-state index contributed by atoms with van der Waals surface area (Å²) in [6, 6.07) is 19.5. The molecule has 0 fully saturated rings. The number of hydrogen-bond donors (Lipinski definition) is 2. The summed E-state index contributed by atoms with van der Waals surface area (Å²) in [5, 5.41) is 6.00. The number of fused-ring (bicyclic) bond motifs is 1. The zero-order valence-corrected chi connectivity index (χ0v) is 21.3. The number of benzene rings is 3. The number of rotatable bonds is 7. The summed E-state index contributed by atoms with van der Waals surface area (Å²) >= 11 is 1.21. The Morgan fingerprint density at radius 2 is 1.57 bits per heavy atom. The van der Waals surface area contributed by atoms with Gasteiger partial charge in [0.25, 0.3) is 17.7 Å². The van der Waals surface area contributed by atoms with Gasteiger partial charge in [-0.05, 0) is 75.4 Å². The second-order valence-electron chi connectivity index (χ2n) is 8.92. The summed E-state index contributed by atoms with van der Waals surface area (Å²) < 4.78 is 10.6. The Morgan fingerprint density at radius 1 is 0.892 bits per heavy atom. The van der Waals surface area contributed by atoms with E-state index in [4.69, 9.17) is 9.47 Å². The molecule has 0 saturated carbocycles. The molecular formula is C28H25N3O5S. The van der Waals surface area contributed by atoms with Crippen LogP contribution >= 0.6 is 11.8 Å². The predicted octanol–water partition coefficient (Wildman–Crippen LogP) is 5.17. The van der Waals surface area contributed by atoms with Crippen LogP contribution in [-0.2, 0) is 9.59 Å². The molecule has 9 heteroatoms. The van der Waals surface area contributed by atoms with Crippen LogP contribution in [0.25, 0.3) is 0 Å². The third-order valence-electron chi connectivity index (χ3n) is 5.88. The molecule has 3 amide bonds. The number of aryl methyl sites for hydroxylation is 1. The number of carbonyl (C=O) groups excluding carboxylic acids is 3. The second-order valence-corrected chi connectivity index (χ2v) is 10.0. The molecular weight excluding hydrogens is 490 g/mol. The maximum atomic E-state index is 13.2. The van der Waals surface area contributed by atoms with Crippen LogP contribution in [0.3, 0.4) is 0 Å². The van der Waals surface area contributed by atoms with Crippen molar-refractivity contribution in [3.05, 3.63) is 88.5 Å². The van der Waals surface area contributed by atoms with Crippen molar-refractivity contribution in [2.24, 2.45) is 0 Å². The molecule has 3 aromatic rings. The number of hydrogen-bond acceptors (Lipinski definition) is 7. The van der Waals surface area contributed by atoms with Gasteiger partial charge in [-0.3, -0.25) is 19.3 Å². The number of amides is 3. The Morgan fingerprint density at radius 3 is 2.27 bits per heavy atom. The van der Waals surface area contributed by atoms with Gasteiger partial charge in [-0.1, -0.05) is 29.5 Å². The fourth-order valence-electron chi connectivity index (χ4n) is 3.95. The van der Waals surface area contributed by atoms with Gasteiger partial charge in [-0.25, -0.2) is 0 Å². The third-order valence-corrected chi connectivity index (χ3v) is 6.97. The van der Waals surface area contributed by atoms with E-state index in [1.165, 1.54) is 16.7 Å². The number of carbonyl (C=O) groups is 3. The van der Waals surface area contributed by atoms with Gasteiger partial charge >= 0.3 is 0 Å². The average molecular weight is 516 g/mol. The molecule has 2 heterocycles. The van der Waals surface area contributed by atoms with E-state index in [0.29, 0.717) is 27.7 Å². The van der Waals surface area contributed by atoms with E-state index in [0.717, 1.165) is 16.1 Å². The normalized spacial score (nSPS) is 14.5. The van der Waals surface area contributed by atoms with Gasteiger partial charge in [0, 0.05) is 27.9 Å². The van der Waals surface area contributed by atoms with Crippen molar-refractivity contribution in [1.29, 1.82) is 0 Å². The van der Waals surface area contributed by atoms with Crippen molar-refractivity contribution < 1.29 is 23.9 Å². The van der Waals surface area contributed by atoms with Crippen LogP contribution in [0.5, 0.6) is 11.5 Å². The quantitative estimate of drug-likeness (QED) is 0.419. The van der Waals surface area contributed by atoms with Gasteiger partial charge in [0.15, 0.2) is 11.5 Å². The largest absolute Gasteiger partial charge is 0.454 e. The van der Waals surface area contributed by atoms with Crippen LogP contribution < -0.4 is 20.1 Å². The number of nitrogens with one attached hydrogen (secondary N) is 2. The van der Waals surface area contributed by atoms with E-state index >= 15 is 0 Å². The van der Waals surface area contributed by atoms with Gasteiger partial charge < -0.3 is 20.1 Å². The molecule has 37 heavy (non-hydrogen) atoms.